The number of carbonyl (C=O) groups excluding carboxylic acids is 2. The molecule has 1 aliphatic heterocycles. The summed E-state index contributed by atoms with van der Waals surface area (Å²) in [6.45, 7) is 13.5. The van der Waals surface area contributed by atoms with E-state index in [4.69, 9.17) is 9.16 Å². The summed E-state index contributed by atoms with van der Waals surface area (Å²) in [6, 6.07) is 0. The Labute approximate surface area is 207 Å². The lowest BCUT2D eigenvalue weighted by atomic mass is 9.86. The Morgan fingerprint density at radius 1 is 1.15 bits per heavy atom. The number of unbranched alkanes of at least 4 members (excludes halogenated alkanes) is 4. The number of esters is 1. The molecule has 6 unspecified atom stereocenters. The van der Waals surface area contributed by atoms with Crippen molar-refractivity contribution in [1.29, 1.82) is 0 Å². The van der Waals surface area contributed by atoms with Crippen LogP contribution in [0, 0.1) is 11.8 Å². The first-order valence-electron chi connectivity index (χ1n) is 13.2. The van der Waals surface area contributed by atoms with E-state index in [0.717, 1.165) is 32.1 Å². The van der Waals surface area contributed by atoms with E-state index in [1.54, 1.807) is 0 Å². The number of carbonyl (C=O) groups is 2. The highest BCUT2D eigenvalue weighted by Gasteiger charge is 2.62. The molecule has 196 valence electrons. The molecule has 34 heavy (non-hydrogen) atoms. The Hall–Kier alpha value is -1.02. The van der Waals surface area contributed by atoms with Crippen molar-refractivity contribution in [3.05, 3.63) is 12.2 Å². The maximum absolute atomic E-state index is 12.8. The quantitative estimate of drug-likeness (QED) is 0.105. The van der Waals surface area contributed by atoms with E-state index >= 15 is 0 Å². The minimum atomic E-state index is -1.93. The SMILES string of the molecule is CCCCCC(C=CC1C2OC2C(=O)C1C(O)CCCCCC(=O)OC)O[Si](C)(C)C(C)(C)C. The number of hydrogen-bond acceptors (Lipinski definition) is 6. The summed E-state index contributed by atoms with van der Waals surface area (Å²) >= 11 is 0. The largest absolute Gasteiger partial charge is 0.469 e. The minimum absolute atomic E-state index is 0.0245. The third kappa shape index (κ3) is 8.00. The van der Waals surface area contributed by atoms with Crippen LogP contribution in [0.2, 0.25) is 18.1 Å². The van der Waals surface area contributed by atoms with Gasteiger partial charge in [-0.05, 0) is 37.4 Å². The number of Topliss-reactive ketones (excluding diaryl/α,β-unsaturated/α-hetero) is 1. The number of aliphatic hydroxyl groups excluding tert-OH is 1. The van der Waals surface area contributed by atoms with Crippen LogP contribution in [0.3, 0.4) is 0 Å². The van der Waals surface area contributed by atoms with Crippen molar-refractivity contribution in [3.8, 4) is 0 Å². The first-order chi connectivity index (χ1) is 15.9. The molecule has 2 rings (SSSR count). The fourth-order valence-electron chi connectivity index (χ4n) is 4.58. The van der Waals surface area contributed by atoms with Crippen LogP contribution in [0.4, 0.5) is 0 Å². The monoisotopic (exact) mass is 496 g/mol. The summed E-state index contributed by atoms with van der Waals surface area (Å²) in [5.41, 5.74) is 0. The summed E-state index contributed by atoms with van der Waals surface area (Å²) in [7, 11) is -0.539. The normalized spacial score (nSPS) is 26.5. The summed E-state index contributed by atoms with van der Waals surface area (Å²) in [6.07, 6.45) is 10.9. The van der Waals surface area contributed by atoms with Crippen LogP contribution in [0.5, 0.6) is 0 Å². The molecule has 0 bridgehead atoms. The van der Waals surface area contributed by atoms with E-state index in [-0.39, 0.29) is 41.0 Å². The summed E-state index contributed by atoms with van der Waals surface area (Å²) in [5, 5.41) is 11.0. The molecule has 6 atom stereocenters. The second kappa shape index (κ2) is 12.8. The molecule has 2 aliphatic rings. The number of hydrogen-bond donors (Lipinski definition) is 1. The molecule has 0 radical (unpaired) electrons. The van der Waals surface area contributed by atoms with Crippen LogP contribution >= 0.6 is 0 Å². The van der Waals surface area contributed by atoms with Gasteiger partial charge in [-0.2, -0.15) is 0 Å². The van der Waals surface area contributed by atoms with Gasteiger partial charge in [0.2, 0.25) is 0 Å². The predicted molar refractivity (Wildman–Crippen MR) is 137 cm³/mol. The maximum Gasteiger partial charge on any atom is 0.305 e. The first kappa shape index (κ1) is 29.2. The van der Waals surface area contributed by atoms with Gasteiger partial charge in [0, 0.05) is 12.3 Å². The van der Waals surface area contributed by atoms with E-state index < -0.39 is 20.3 Å². The van der Waals surface area contributed by atoms with Crippen LogP contribution in [-0.2, 0) is 23.5 Å². The third-order valence-electron chi connectivity index (χ3n) is 7.84. The third-order valence-corrected chi connectivity index (χ3v) is 12.3. The molecule has 6 nitrogen and oxygen atoms in total. The van der Waals surface area contributed by atoms with Crippen molar-refractivity contribution in [2.45, 2.75) is 128 Å². The zero-order valence-corrected chi connectivity index (χ0v) is 23.5. The van der Waals surface area contributed by atoms with Crippen molar-refractivity contribution in [2.24, 2.45) is 11.8 Å². The molecule has 1 heterocycles. The molecule has 2 fully saturated rings. The number of ketones is 1. The van der Waals surface area contributed by atoms with Gasteiger partial charge in [0.25, 0.3) is 0 Å². The molecule has 1 saturated heterocycles. The zero-order valence-electron chi connectivity index (χ0n) is 22.5. The van der Waals surface area contributed by atoms with E-state index in [1.165, 1.54) is 20.0 Å². The van der Waals surface area contributed by atoms with Gasteiger partial charge in [-0.25, -0.2) is 0 Å². The average molecular weight is 497 g/mol. The molecule has 0 spiro atoms. The summed E-state index contributed by atoms with van der Waals surface area (Å²) in [5.74, 6) is -0.680. The fourth-order valence-corrected chi connectivity index (χ4v) is 5.89. The highest BCUT2D eigenvalue weighted by Crippen LogP contribution is 2.47. The second-order valence-corrected chi connectivity index (χ2v) is 16.3. The number of aliphatic hydroxyl groups is 1. The Bertz CT molecular complexity index is 698. The van der Waals surface area contributed by atoms with E-state index in [1.807, 2.05) is 0 Å². The molecule has 0 aromatic heterocycles. The fraction of sp³-hybridized carbons (Fsp3) is 0.852. The van der Waals surface area contributed by atoms with Gasteiger partial charge in [0.05, 0.1) is 31.3 Å². The van der Waals surface area contributed by atoms with E-state index in [9.17, 15) is 14.7 Å². The Morgan fingerprint density at radius 2 is 1.82 bits per heavy atom. The second-order valence-electron chi connectivity index (χ2n) is 11.6. The van der Waals surface area contributed by atoms with Gasteiger partial charge < -0.3 is 19.0 Å². The lowest BCUT2D eigenvalue weighted by Gasteiger charge is -2.39. The molecular weight excluding hydrogens is 448 g/mol. The van der Waals surface area contributed by atoms with Crippen LogP contribution in [-0.4, -0.2) is 56.7 Å². The van der Waals surface area contributed by atoms with Crippen LogP contribution in [0.15, 0.2) is 12.2 Å². The van der Waals surface area contributed by atoms with Gasteiger partial charge in [0.1, 0.15) is 6.10 Å². The molecule has 1 N–H and O–H groups in total. The Morgan fingerprint density at radius 3 is 2.44 bits per heavy atom. The molecular formula is C27H48O6Si. The number of rotatable bonds is 15. The lowest BCUT2D eigenvalue weighted by molar-refractivity contribution is -0.140. The topological polar surface area (TPSA) is 85.4 Å². The van der Waals surface area contributed by atoms with Gasteiger partial charge in [0.15, 0.2) is 14.1 Å². The molecule has 1 aliphatic carbocycles. The van der Waals surface area contributed by atoms with Crippen LogP contribution < -0.4 is 0 Å². The van der Waals surface area contributed by atoms with Gasteiger partial charge in [-0.15, -0.1) is 0 Å². The lowest BCUT2D eigenvalue weighted by Crippen LogP contribution is -2.43. The Balaban J connectivity index is 2.01. The summed E-state index contributed by atoms with van der Waals surface area (Å²) in [4.78, 5) is 24.1. The molecule has 0 aromatic rings. The molecule has 7 heteroatoms. The van der Waals surface area contributed by atoms with Crippen LogP contribution in [0.1, 0.15) is 85.5 Å². The van der Waals surface area contributed by atoms with Gasteiger partial charge in [-0.1, -0.05) is 72.0 Å². The summed E-state index contributed by atoms with van der Waals surface area (Å²) < 4.78 is 17.0. The van der Waals surface area contributed by atoms with Crippen molar-refractivity contribution in [1.82, 2.24) is 0 Å². The highest BCUT2D eigenvalue weighted by atomic mass is 28.4. The van der Waals surface area contributed by atoms with E-state index in [2.05, 4.69) is 57.7 Å². The van der Waals surface area contributed by atoms with Crippen molar-refractivity contribution in [2.75, 3.05) is 7.11 Å². The van der Waals surface area contributed by atoms with E-state index in [0.29, 0.717) is 12.8 Å². The number of ether oxygens (including phenoxy) is 2. The number of fused-ring (bicyclic) bond motifs is 1. The van der Waals surface area contributed by atoms with Crippen molar-refractivity contribution < 1.29 is 28.6 Å². The zero-order chi connectivity index (χ0) is 25.5. The van der Waals surface area contributed by atoms with Gasteiger partial charge in [-0.3, -0.25) is 9.59 Å². The standard InChI is InChI=1S/C27H48O6Si/c1-8-9-11-14-19(33-34(6,7)27(2,3)4)17-18-20-23(24(30)26-25(20)32-26)21(28)15-12-10-13-16-22(29)31-5/h17-21,23,25-26,28H,8-16H2,1-7H3. The number of methoxy groups -OCH3 is 1. The predicted octanol–water partition coefficient (Wildman–Crippen LogP) is 5.58. The molecule has 1 saturated carbocycles. The average Bonchev–Trinajstić information content (AvgIpc) is 3.50. The van der Waals surface area contributed by atoms with Crippen LogP contribution in [0.25, 0.3) is 0 Å². The van der Waals surface area contributed by atoms with Crippen molar-refractivity contribution in [3.63, 3.8) is 0 Å². The minimum Gasteiger partial charge on any atom is -0.469 e. The maximum atomic E-state index is 12.8. The molecule has 0 amide bonds. The first-order valence-corrected chi connectivity index (χ1v) is 16.1. The number of epoxide rings is 1. The highest BCUT2D eigenvalue weighted by molar-refractivity contribution is 6.74. The van der Waals surface area contributed by atoms with Gasteiger partial charge >= 0.3 is 5.97 Å². The smallest absolute Gasteiger partial charge is 0.305 e. The van der Waals surface area contributed by atoms with Crippen molar-refractivity contribution >= 4 is 20.1 Å². The molecule has 0 aromatic carbocycles. The Kier molecular flexibility index (Phi) is 11.0.